The first-order valence-electron chi connectivity index (χ1n) is 13.0. The molecule has 0 radical (unpaired) electrons. The van der Waals surface area contributed by atoms with E-state index in [1.54, 1.807) is 6.92 Å². The number of sulfone groups is 1. The molecule has 0 bridgehead atoms. The van der Waals surface area contributed by atoms with Crippen LogP contribution in [0, 0.1) is 5.41 Å². The van der Waals surface area contributed by atoms with Crippen molar-refractivity contribution >= 4 is 27.3 Å². The van der Waals surface area contributed by atoms with E-state index in [1.807, 2.05) is 0 Å². The van der Waals surface area contributed by atoms with Crippen LogP contribution in [0.25, 0.3) is 11.3 Å². The maximum atomic E-state index is 13.5. The number of aromatic nitrogens is 2. The van der Waals surface area contributed by atoms with Gasteiger partial charge in [0.1, 0.15) is 15.6 Å². The lowest BCUT2D eigenvalue weighted by Crippen LogP contribution is -2.47. The molecular formula is C26H33ClF5N3O6S. The maximum Gasteiger partial charge on any atom is 0.396 e. The SMILES string of the molecule is CCn1nc(C(=O)NCC2(O)CCC(S(C)(=O)=O)CC2)c(Cl)c1-c1ccc([C@@H](O)C(C)(C)C(F)(F)F)cc1OC(F)F. The van der Waals surface area contributed by atoms with Gasteiger partial charge >= 0.3 is 12.8 Å². The summed E-state index contributed by atoms with van der Waals surface area (Å²) in [7, 11) is -3.27. The molecule has 0 aliphatic heterocycles. The quantitative estimate of drug-likeness (QED) is 0.314. The predicted molar refractivity (Wildman–Crippen MR) is 144 cm³/mol. The molecule has 1 aliphatic rings. The predicted octanol–water partition coefficient (Wildman–Crippen LogP) is 4.89. The molecule has 16 heteroatoms. The minimum absolute atomic E-state index is 0.0385. The third-order valence-corrected chi connectivity index (χ3v) is 9.70. The Labute approximate surface area is 244 Å². The van der Waals surface area contributed by atoms with Crippen LogP contribution in [0.15, 0.2) is 18.2 Å². The molecular weight excluding hydrogens is 613 g/mol. The second-order valence-electron chi connectivity index (χ2n) is 11.0. The number of rotatable bonds is 10. The number of amides is 1. The van der Waals surface area contributed by atoms with Crippen molar-refractivity contribution < 1.29 is 50.1 Å². The second-order valence-corrected chi connectivity index (χ2v) is 13.7. The molecule has 1 fully saturated rings. The van der Waals surface area contributed by atoms with Gasteiger partial charge in [-0.05, 0) is 64.2 Å². The van der Waals surface area contributed by atoms with Crippen molar-refractivity contribution in [3.8, 4) is 17.0 Å². The molecule has 9 nitrogen and oxygen atoms in total. The summed E-state index contributed by atoms with van der Waals surface area (Å²) >= 11 is 6.49. The van der Waals surface area contributed by atoms with Crippen LogP contribution in [0.2, 0.25) is 5.02 Å². The molecule has 1 heterocycles. The molecule has 3 N–H and O–H groups in total. The first kappa shape index (κ1) is 34.0. The van der Waals surface area contributed by atoms with Gasteiger partial charge in [-0.2, -0.15) is 27.1 Å². The van der Waals surface area contributed by atoms with Crippen LogP contribution in [0.5, 0.6) is 5.75 Å². The van der Waals surface area contributed by atoms with Crippen LogP contribution in [0.3, 0.4) is 0 Å². The molecule has 1 saturated carbocycles. The minimum Gasteiger partial charge on any atom is -0.434 e. The van der Waals surface area contributed by atoms with Crippen LogP contribution in [0.4, 0.5) is 22.0 Å². The fourth-order valence-corrected chi connectivity index (χ4v) is 6.22. The van der Waals surface area contributed by atoms with E-state index >= 15 is 0 Å². The van der Waals surface area contributed by atoms with E-state index in [0.29, 0.717) is 0 Å². The smallest absolute Gasteiger partial charge is 0.396 e. The molecule has 0 unspecified atom stereocenters. The maximum absolute atomic E-state index is 13.5. The third kappa shape index (κ3) is 7.17. The number of aliphatic hydroxyl groups excluding tert-OH is 1. The molecule has 1 atom stereocenters. The standard InChI is InChI=1S/C26H33ClF5N3O6S/c1-5-35-20(16-7-6-14(12-17(16)41-23(28)29)21(36)24(2,3)26(30,31)32)18(27)19(34-35)22(37)33-13-25(38)10-8-15(9-11-25)42(4,39)40/h6-7,12,15,21,23,36,38H,5,8-11,13H2,1-4H3,(H,33,37)/t15?,21-,25?/m1/s1. The highest BCUT2D eigenvalue weighted by Gasteiger charge is 2.52. The summed E-state index contributed by atoms with van der Waals surface area (Å²) in [5.74, 6) is -1.40. The Morgan fingerprint density at radius 2 is 1.86 bits per heavy atom. The number of ether oxygens (including phenoxy) is 1. The molecule has 42 heavy (non-hydrogen) atoms. The Morgan fingerprint density at radius 3 is 2.36 bits per heavy atom. The van der Waals surface area contributed by atoms with Gasteiger partial charge in [-0.15, -0.1) is 0 Å². The first-order valence-corrected chi connectivity index (χ1v) is 15.3. The highest BCUT2D eigenvalue weighted by molar-refractivity contribution is 7.91. The van der Waals surface area contributed by atoms with Crippen LogP contribution in [-0.2, 0) is 16.4 Å². The summed E-state index contributed by atoms with van der Waals surface area (Å²) in [6, 6.07) is 3.10. The van der Waals surface area contributed by atoms with E-state index in [1.165, 1.54) is 4.68 Å². The van der Waals surface area contributed by atoms with Crippen molar-refractivity contribution in [2.24, 2.45) is 5.41 Å². The van der Waals surface area contributed by atoms with Crippen molar-refractivity contribution in [3.05, 3.63) is 34.5 Å². The number of hydrogen-bond donors (Lipinski definition) is 3. The van der Waals surface area contributed by atoms with E-state index in [4.69, 9.17) is 11.6 Å². The number of hydrogen-bond acceptors (Lipinski definition) is 7. The topological polar surface area (TPSA) is 131 Å². The fraction of sp³-hybridized carbons (Fsp3) is 0.615. The van der Waals surface area contributed by atoms with Gasteiger partial charge in [0.2, 0.25) is 0 Å². The van der Waals surface area contributed by atoms with Gasteiger partial charge in [0, 0.05) is 24.9 Å². The van der Waals surface area contributed by atoms with Gasteiger partial charge < -0.3 is 20.3 Å². The van der Waals surface area contributed by atoms with Crippen molar-refractivity contribution in [2.75, 3.05) is 12.8 Å². The molecule has 2 aromatic rings. The number of aryl methyl sites for hydroxylation is 1. The summed E-state index contributed by atoms with van der Waals surface area (Å²) in [5, 5.41) is 27.2. The van der Waals surface area contributed by atoms with Gasteiger partial charge in [-0.3, -0.25) is 9.48 Å². The lowest BCUT2D eigenvalue weighted by Gasteiger charge is -2.35. The average molecular weight is 646 g/mol. The summed E-state index contributed by atoms with van der Waals surface area (Å²) in [6.45, 7) is -0.366. The summed E-state index contributed by atoms with van der Waals surface area (Å²) < 4.78 is 96.6. The zero-order chi connectivity index (χ0) is 31.8. The van der Waals surface area contributed by atoms with E-state index < -0.39 is 56.7 Å². The number of aliphatic hydroxyl groups is 2. The number of alkyl halides is 5. The average Bonchev–Trinajstić information content (AvgIpc) is 3.21. The lowest BCUT2D eigenvalue weighted by molar-refractivity contribution is -0.243. The number of nitrogens with zero attached hydrogens (tertiary/aromatic N) is 2. The van der Waals surface area contributed by atoms with Crippen LogP contribution < -0.4 is 10.1 Å². The lowest BCUT2D eigenvalue weighted by atomic mass is 9.81. The number of benzene rings is 1. The van der Waals surface area contributed by atoms with Gasteiger partial charge in [0.15, 0.2) is 5.69 Å². The van der Waals surface area contributed by atoms with Crippen molar-refractivity contribution in [1.29, 1.82) is 0 Å². The summed E-state index contributed by atoms with van der Waals surface area (Å²) in [6.07, 6.45) is -5.11. The fourth-order valence-electron chi connectivity index (χ4n) is 4.80. The normalized spacial score (nSPS) is 20.9. The van der Waals surface area contributed by atoms with Crippen molar-refractivity contribution in [2.45, 2.75) is 82.7 Å². The molecule has 1 aromatic carbocycles. The second kappa shape index (κ2) is 12.2. The van der Waals surface area contributed by atoms with E-state index in [9.17, 15) is 45.4 Å². The largest absolute Gasteiger partial charge is 0.434 e. The van der Waals surface area contributed by atoms with E-state index in [-0.39, 0.29) is 66.3 Å². The highest BCUT2D eigenvalue weighted by Crippen LogP contribution is 2.48. The zero-order valence-electron chi connectivity index (χ0n) is 23.3. The summed E-state index contributed by atoms with van der Waals surface area (Å²) in [4.78, 5) is 13.0. The van der Waals surface area contributed by atoms with Gasteiger partial charge in [-0.1, -0.05) is 17.7 Å². The van der Waals surface area contributed by atoms with E-state index in [2.05, 4.69) is 15.2 Å². The van der Waals surface area contributed by atoms with Gasteiger partial charge in [0.05, 0.1) is 33.1 Å². The van der Waals surface area contributed by atoms with Crippen LogP contribution in [-0.4, -0.2) is 70.8 Å². The van der Waals surface area contributed by atoms with Crippen LogP contribution in [0.1, 0.15) is 68.6 Å². The molecule has 1 aliphatic carbocycles. The van der Waals surface area contributed by atoms with Gasteiger partial charge in [-0.25, -0.2) is 8.42 Å². The molecule has 0 spiro atoms. The molecule has 236 valence electrons. The monoisotopic (exact) mass is 645 g/mol. The molecule has 1 amide bonds. The number of carbonyl (C=O) groups excluding carboxylic acids is 1. The Kier molecular flexibility index (Phi) is 9.92. The Bertz CT molecular complexity index is 1410. The molecule has 0 saturated heterocycles. The number of nitrogens with one attached hydrogen (secondary N) is 1. The molecule has 1 aromatic heterocycles. The Hall–Kier alpha value is -2.49. The number of carbonyl (C=O) groups is 1. The zero-order valence-corrected chi connectivity index (χ0v) is 24.9. The number of halogens is 6. The third-order valence-electron chi connectivity index (χ3n) is 7.66. The van der Waals surface area contributed by atoms with Crippen molar-refractivity contribution in [3.63, 3.8) is 0 Å². The van der Waals surface area contributed by atoms with Crippen LogP contribution >= 0.6 is 11.6 Å². The molecule has 3 rings (SSSR count). The van der Waals surface area contributed by atoms with Crippen molar-refractivity contribution in [1.82, 2.24) is 15.1 Å². The highest BCUT2D eigenvalue weighted by atomic mass is 35.5. The minimum atomic E-state index is -4.82. The Balaban J connectivity index is 1.92. The summed E-state index contributed by atoms with van der Waals surface area (Å²) in [5.41, 5.74) is -4.80. The Morgan fingerprint density at radius 1 is 1.26 bits per heavy atom. The first-order chi connectivity index (χ1) is 19.2. The van der Waals surface area contributed by atoms with E-state index in [0.717, 1.165) is 38.3 Å². The van der Waals surface area contributed by atoms with Gasteiger partial charge in [0.25, 0.3) is 5.91 Å².